The maximum atomic E-state index is 11.6. The van der Waals surface area contributed by atoms with E-state index in [4.69, 9.17) is 4.42 Å². The fourth-order valence-corrected chi connectivity index (χ4v) is 1.65. The summed E-state index contributed by atoms with van der Waals surface area (Å²) in [4.78, 5) is 21.5. The van der Waals surface area contributed by atoms with E-state index in [0.717, 1.165) is 0 Å². The second kappa shape index (κ2) is 6.11. The van der Waals surface area contributed by atoms with E-state index in [1.807, 2.05) is 0 Å². The molecular weight excluding hydrogens is 330 g/mol. The third kappa shape index (κ3) is 3.51. The molecule has 0 aliphatic rings. The average molecular weight is 338 g/mol. The van der Waals surface area contributed by atoms with E-state index in [2.05, 4.69) is 26.5 Å². The predicted octanol–water partition coefficient (Wildman–Crippen LogP) is 2.71. The summed E-state index contributed by atoms with van der Waals surface area (Å²) >= 11 is 3.08. The fraction of sp³-hybridized carbons (Fsp3) is 0. The Bertz CT molecular complexity index is 664. The maximum Gasteiger partial charge on any atom is 0.307 e. The van der Waals surface area contributed by atoms with E-state index in [-0.39, 0.29) is 11.4 Å². The number of rotatable bonds is 4. The lowest BCUT2D eigenvalue weighted by molar-refractivity contribution is -0.384. The Kier molecular flexibility index (Phi) is 4.26. The molecule has 0 bridgehead atoms. The fourth-order valence-electron chi connectivity index (χ4n) is 1.34. The topological polar surface area (TPSA) is 97.7 Å². The van der Waals surface area contributed by atoms with Crippen LogP contribution in [0.3, 0.4) is 0 Å². The number of benzene rings is 1. The molecule has 2 aromatic rings. The van der Waals surface area contributed by atoms with Crippen molar-refractivity contribution >= 4 is 33.7 Å². The summed E-state index contributed by atoms with van der Waals surface area (Å²) in [5.74, 6) is -0.369. The van der Waals surface area contributed by atoms with E-state index >= 15 is 0 Å². The van der Waals surface area contributed by atoms with Crippen molar-refractivity contribution in [1.82, 2.24) is 5.43 Å². The number of furan rings is 1. The van der Waals surface area contributed by atoms with E-state index in [1.54, 1.807) is 6.07 Å². The van der Waals surface area contributed by atoms with Crippen LogP contribution in [0.4, 0.5) is 5.69 Å². The third-order valence-electron chi connectivity index (χ3n) is 2.28. The molecule has 1 amide bonds. The Morgan fingerprint density at radius 3 is 2.55 bits per heavy atom. The molecule has 0 fully saturated rings. The summed E-state index contributed by atoms with van der Waals surface area (Å²) in [5, 5.41) is 14.2. The zero-order valence-corrected chi connectivity index (χ0v) is 11.5. The van der Waals surface area contributed by atoms with Crippen LogP contribution in [0.25, 0.3) is 0 Å². The summed E-state index contributed by atoms with van der Waals surface area (Å²) < 4.78 is 5.49. The van der Waals surface area contributed by atoms with Gasteiger partial charge in [0.15, 0.2) is 10.4 Å². The van der Waals surface area contributed by atoms with Gasteiger partial charge in [-0.3, -0.25) is 14.9 Å². The molecule has 0 saturated carbocycles. The second-order valence-electron chi connectivity index (χ2n) is 3.65. The minimum absolute atomic E-state index is 0.00776. The number of nitrogens with one attached hydrogen (secondary N) is 1. The molecule has 0 spiro atoms. The number of nitrogens with zero attached hydrogens (tertiary/aromatic N) is 2. The van der Waals surface area contributed by atoms with Gasteiger partial charge in [-0.05, 0) is 45.8 Å². The highest BCUT2D eigenvalue weighted by atomic mass is 79.9. The predicted molar refractivity (Wildman–Crippen MR) is 74.6 cm³/mol. The van der Waals surface area contributed by atoms with Gasteiger partial charge in [0.2, 0.25) is 0 Å². The molecule has 8 heteroatoms. The first-order chi connectivity index (χ1) is 9.56. The number of carbonyl (C=O) groups excluding carboxylic acids is 1. The molecule has 102 valence electrons. The smallest absolute Gasteiger partial charge is 0.307 e. The highest BCUT2D eigenvalue weighted by Crippen LogP contribution is 2.13. The van der Waals surface area contributed by atoms with E-state index in [0.29, 0.717) is 10.2 Å². The van der Waals surface area contributed by atoms with Crippen molar-refractivity contribution < 1.29 is 14.1 Å². The van der Waals surface area contributed by atoms with Crippen molar-refractivity contribution in [2.75, 3.05) is 0 Å². The Morgan fingerprint density at radius 1 is 1.30 bits per heavy atom. The van der Waals surface area contributed by atoms with E-state index < -0.39 is 10.8 Å². The van der Waals surface area contributed by atoms with Gasteiger partial charge in [0, 0.05) is 12.1 Å². The van der Waals surface area contributed by atoms with Crippen molar-refractivity contribution in [3.63, 3.8) is 0 Å². The number of hydrogen-bond donors (Lipinski definition) is 1. The molecule has 7 nitrogen and oxygen atoms in total. The first-order valence-electron chi connectivity index (χ1n) is 5.39. The molecule has 0 saturated heterocycles. The standard InChI is InChI=1S/C12H8BrN3O4/c13-11-6-5-10(20-11)12(17)15-14-7-8-1-3-9(4-2-8)16(18)19/h1-7H,(H,15,17). The van der Waals surface area contributed by atoms with E-state index in [9.17, 15) is 14.9 Å². The van der Waals surface area contributed by atoms with Gasteiger partial charge in [-0.15, -0.1) is 0 Å². The number of carbonyl (C=O) groups is 1. The second-order valence-corrected chi connectivity index (χ2v) is 4.43. The number of nitro groups is 1. The molecule has 1 heterocycles. The summed E-state index contributed by atoms with van der Waals surface area (Å²) in [6, 6.07) is 8.85. The van der Waals surface area contributed by atoms with Crippen LogP contribution in [0.15, 0.2) is 50.6 Å². The molecule has 1 aromatic carbocycles. The van der Waals surface area contributed by atoms with Crippen LogP contribution in [0.2, 0.25) is 0 Å². The SMILES string of the molecule is O=C(NN=Cc1ccc([N+](=O)[O-])cc1)c1ccc(Br)o1. The Labute approximate surface area is 121 Å². The van der Waals surface area contributed by atoms with E-state index in [1.165, 1.54) is 36.5 Å². The summed E-state index contributed by atoms with van der Waals surface area (Å²) in [5.41, 5.74) is 2.89. The number of halogens is 1. The van der Waals surface area contributed by atoms with Gasteiger partial charge in [0.1, 0.15) is 0 Å². The number of nitro benzene ring substituents is 1. The van der Waals surface area contributed by atoms with Crippen LogP contribution in [-0.2, 0) is 0 Å². The summed E-state index contributed by atoms with van der Waals surface area (Å²) in [6.45, 7) is 0. The van der Waals surface area contributed by atoms with Gasteiger partial charge in [0.05, 0.1) is 11.1 Å². The Balaban J connectivity index is 1.96. The molecule has 20 heavy (non-hydrogen) atoms. The van der Waals surface area contributed by atoms with Crippen LogP contribution >= 0.6 is 15.9 Å². The highest BCUT2D eigenvalue weighted by Gasteiger charge is 2.08. The largest absolute Gasteiger partial charge is 0.444 e. The molecule has 1 aromatic heterocycles. The van der Waals surface area contributed by atoms with Crippen molar-refractivity contribution in [3.05, 3.63) is 62.5 Å². The van der Waals surface area contributed by atoms with Crippen LogP contribution in [0.5, 0.6) is 0 Å². The highest BCUT2D eigenvalue weighted by molar-refractivity contribution is 9.10. The molecule has 2 rings (SSSR count). The van der Waals surface area contributed by atoms with Crippen LogP contribution in [0, 0.1) is 10.1 Å². The number of non-ortho nitro benzene ring substituents is 1. The molecular formula is C12H8BrN3O4. The normalized spacial score (nSPS) is 10.7. The molecule has 0 atom stereocenters. The first kappa shape index (κ1) is 13.9. The molecule has 1 N–H and O–H groups in total. The lowest BCUT2D eigenvalue weighted by atomic mass is 10.2. The van der Waals surface area contributed by atoms with Crippen molar-refractivity contribution in [3.8, 4) is 0 Å². The molecule has 0 unspecified atom stereocenters. The number of amides is 1. The maximum absolute atomic E-state index is 11.6. The van der Waals surface area contributed by atoms with Gasteiger partial charge in [-0.25, -0.2) is 5.43 Å². The zero-order valence-electron chi connectivity index (χ0n) is 9.95. The molecule has 0 aliphatic carbocycles. The van der Waals surface area contributed by atoms with Gasteiger partial charge in [-0.2, -0.15) is 5.10 Å². The van der Waals surface area contributed by atoms with Gasteiger partial charge in [-0.1, -0.05) is 0 Å². The summed E-state index contributed by atoms with van der Waals surface area (Å²) in [7, 11) is 0. The van der Waals surface area contributed by atoms with Crippen molar-refractivity contribution in [1.29, 1.82) is 0 Å². The van der Waals surface area contributed by atoms with Gasteiger partial charge in [0.25, 0.3) is 5.69 Å². The van der Waals surface area contributed by atoms with Gasteiger partial charge >= 0.3 is 5.91 Å². The molecule has 0 aliphatic heterocycles. The molecule has 0 radical (unpaired) electrons. The number of hydrogen-bond acceptors (Lipinski definition) is 5. The summed E-state index contributed by atoms with van der Waals surface area (Å²) in [6.07, 6.45) is 1.37. The van der Waals surface area contributed by atoms with Crippen LogP contribution in [-0.4, -0.2) is 17.0 Å². The quantitative estimate of drug-likeness (QED) is 0.526. The number of hydrazone groups is 1. The lowest BCUT2D eigenvalue weighted by Gasteiger charge is -1.96. The average Bonchev–Trinajstić information content (AvgIpc) is 2.86. The van der Waals surface area contributed by atoms with Crippen molar-refractivity contribution in [2.24, 2.45) is 5.10 Å². The zero-order chi connectivity index (χ0) is 14.5. The Morgan fingerprint density at radius 2 is 2.00 bits per heavy atom. The minimum atomic E-state index is -0.492. The van der Waals surface area contributed by atoms with Crippen LogP contribution in [0.1, 0.15) is 16.1 Å². The van der Waals surface area contributed by atoms with Crippen molar-refractivity contribution in [2.45, 2.75) is 0 Å². The Hall–Kier alpha value is -2.48. The third-order valence-corrected chi connectivity index (χ3v) is 2.71. The monoisotopic (exact) mass is 337 g/mol. The minimum Gasteiger partial charge on any atom is -0.444 e. The lowest BCUT2D eigenvalue weighted by Crippen LogP contribution is -2.16. The first-order valence-corrected chi connectivity index (χ1v) is 6.19. The van der Waals surface area contributed by atoms with Crippen LogP contribution < -0.4 is 5.43 Å². The van der Waals surface area contributed by atoms with Gasteiger partial charge < -0.3 is 4.42 Å².